The minimum Gasteiger partial charge on any atom is -0.493 e. The van der Waals surface area contributed by atoms with Crippen LogP contribution in [0.3, 0.4) is 0 Å². The first kappa shape index (κ1) is 26.1. The van der Waals surface area contributed by atoms with E-state index in [0.29, 0.717) is 30.1 Å². The summed E-state index contributed by atoms with van der Waals surface area (Å²) in [6.45, 7) is 3.77. The third-order valence-corrected chi connectivity index (χ3v) is 12.8. The molecule has 1 unspecified atom stereocenters. The molecule has 0 radical (unpaired) electrons. The van der Waals surface area contributed by atoms with Gasteiger partial charge in [0.2, 0.25) is 5.91 Å². The van der Waals surface area contributed by atoms with Crippen LogP contribution in [-0.2, 0) is 27.9 Å². The molecule has 2 N–H and O–H groups in total. The molecule has 5 fully saturated rings. The average Bonchev–Trinajstić information content (AvgIpc) is 3.71. The number of ether oxygens (including phenoxy) is 4. The number of benzene rings is 2. The van der Waals surface area contributed by atoms with Crippen LogP contribution in [0.15, 0.2) is 36.4 Å². The summed E-state index contributed by atoms with van der Waals surface area (Å²) < 4.78 is 26.2. The summed E-state index contributed by atoms with van der Waals surface area (Å²) in [5.41, 5.74) is 10.1. The van der Waals surface area contributed by atoms with Gasteiger partial charge in [0.25, 0.3) is 0 Å². The smallest absolute Gasteiger partial charge is 0.248 e. The van der Waals surface area contributed by atoms with Crippen LogP contribution in [0.5, 0.6) is 11.5 Å². The third-order valence-electron chi connectivity index (χ3n) is 12.8. The van der Waals surface area contributed by atoms with Crippen LogP contribution in [0, 0.1) is 28.6 Å². The van der Waals surface area contributed by atoms with Crippen molar-refractivity contribution in [2.45, 2.75) is 88.4 Å². The molecule has 2 aromatic carbocycles. The van der Waals surface area contributed by atoms with Crippen molar-refractivity contribution in [3.63, 3.8) is 0 Å². The van der Waals surface area contributed by atoms with Gasteiger partial charge in [0.05, 0.1) is 20.3 Å². The Morgan fingerprint density at radius 3 is 2.56 bits per heavy atom. The lowest BCUT2D eigenvalue weighted by Crippen LogP contribution is -2.79. The van der Waals surface area contributed by atoms with Crippen LogP contribution < -0.4 is 15.2 Å². The number of amides is 1. The summed E-state index contributed by atoms with van der Waals surface area (Å²) in [6.07, 6.45) is 11.1. The number of rotatable bonds is 9. The Balaban J connectivity index is 1.18. The summed E-state index contributed by atoms with van der Waals surface area (Å²) in [5, 5.41) is 0. The topological polar surface area (TPSA) is 80.0 Å². The molecule has 9 rings (SSSR count). The minimum absolute atomic E-state index is 0.0203. The SMILES string of the molecule is COc1ccc2c3c1O[C@H]1[C@@]4(OC)CC[C@@]5(C[C@@H]4COCc4ccc(C(N)=O)cc4)[C@@H](C2)C(C)(CC2CC2)CC[C@]315. The highest BCUT2D eigenvalue weighted by Crippen LogP contribution is 2.81. The van der Waals surface area contributed by atoms with Crippen LogP contribution in [0.25, 0.3) is 0 Å². The van der Waals surface area contributed by atoms with Crippen LogP contribution >= 0.6 is 0 Å². The highest BCUT2D eigenvalue weighted by molar-refractivity contribution is 5.92. The first-order chi connectivity index (χ1) is 19.8. The molecular weight excluding hydrogens is 514 g/mol. The number of nitrogens with two attached hydrogens (primary N) is 1. The number of primary amides is 1. The predicted octanol–water partition coefficient (Wildman–Crippen LogP) is 5.97. The van der Waals surface area contributed by atoms with Crippen LogP contribution in [0.4, 0.5) is 0 Å². The standard InChI is InChI=1S/C35H43NO5/c1-32(17-21-4-5-21)12-14-34-28-24-10-11-26(38-2)29(28)41-31(34)35(39-3)15-13-33(34,27(32)16-24)18-25(35)20-40-19-22-6-8-23(9-7-22)30(36)37/h6-11,21,25,27,31H,4-5,12-20H2,1-3H3,(H2,36,37)/t25-,27+,31-,32?,33-,34+,35-/m1/s1. The fraction of sp³-hybridized carbons (Fsp3) is 0.629. The molecule has 0 saturated heterocycles. The molecular formula is C35H43NO5. The van der Waals surface area contributed by atoms with Crippen molar-refractivity contribution in [3.05, 3.63) is 58.7 Å². The highest BCUT2D eigenvalue weighted by Gasteiger charge is 2.81. The molecule has 6 aliphatic carbocycles. The Kier molecular flexibility index (Phi) is 5.56. The Hall–Kier alpha value is -2.57. The average molecular weight is 558 g/mol. The fourth-order valence-electron chi connectivity index (χ4n) is 11.0. The summed E-state index contributed by atoms with van der Waals surface area (Å²) >= 11 is 0. The second-order valence-electron chi connectivity index (χ2n) is 14.5. The van der Waals surface area contributed by atoms with E-state index >= 15 is 0 Å². The molecule has 4 bridgehead atoms. The second-order valence-corrected chi connectivity index (χ2v) is 14.5. The largest absolute Gasteiger partial charge is 0.493 e. The maximum Gasteiger partial charge on any atom is 0.248 e. The van der Waals surface area contributed by atoms with Crippen molar-refractivity contribution in [2.24, 2.45) is 34.3 Å². The van der Waals surface area contributed by atoms with Gasteiger partial charge in [0, 0.05) is 29.6 Å². The van der Waals surface area contributed by atoms with Gasteiger partial charge in [-0.3, -0.25) is 4.79 Å². The number of methoxy groups -OCH3 is 2. The fourth-order valence-corrected chi connectivity index (χ4v) is 11.0. The molecule has 1 aliphatic heterocycles. The van der Waals surface area contributed by atoms with Gasteiger partial charge < -0.3 is 24.7 Å². The summed E-state index contributed by atoms with van der Waals surface area (Å²) in [7, 11) is 3.67. The monoisotopic (exact) mass is 557 g/mol. The molecule has 7 aliphatic rings. The molecule has 41 heavy (non-hydrogen) atoms. The first-order valence-electron chi connectivity index (χ1n) is 15.7. The van der Waals surface area contributed by atoms with Gasteiger partial charge in [-0.25, -0.2) is 0 Å². The highest BCUT2D eigenvalue weighted by atomic mass is 16.6. The van der Waals surface area contributed by atoms with E-state index in [9.17, 15) is 4.79 Å². The molecule has 218 valence electrons. The Morgan fingerprint density at radius 2 is 1.85 bits per heavy atom. The molecule has 6 heteroatoms. The normalized spacial score (nSPS) is 39.2. The molecule has 0 aromatic heterocycles. The van der Waals surface area contributed by atoms with Gasteiger partial charge in [-0.05, 0) is 96.9 Å². The van der Waals surface area contributed by atoms with Crippen molar-refractivity contribution >= 4 is 5.91 Å². The van der Waals surface area contributed by atoms with E-state index in [1.165, 1.54) is 49.7 Å². The molecule has 2 aromatic rings. The van der Waals surface area contributed by atoms with E-state index in [4.69, 9.17) is 24.7 Å². The lowest BCUT2D eigenvalue weighted by molar-refractivity contribution is -0.294. The van der Waals surface area contributed by atoms with Crippen LogP contribution in [0.1, 0.15) is 85.3 Å². The Morgan fingerprint density at radius 1 is 1.05 bits per heavy atom. The molecule has 7 atom stereocenters. The molecule has 1 amide bonds. The zero-order chi connectivity index (χ0) is 28.2. The Bertz CT molecular complexity index is 1400. The summed E-state index contributed by atoms with van der Waals surface area (Å²) in [6, 6.07) is 11.9. The number of hydrogen-bond donors (Lipinski definition) is 1. The Labute approximate surface area is 243 Å². The lowest BCUT2D eigenvalue weighted by atomic mass is 9.29. The summed E-state index contributed by atoms with van der Waals surface area (Å²) in [5.74, 6) is 3.25. The van der Waals surface area contributed by atoms with Crippen molar-refractivity contribution in [3.8, 4) is 11.5 Å². The second kappa shape index (κ2) is 8.73. The zero-order valence-electron chi connectivity index (χ0n) is 24.7. The van der Waals surface area contributed by atoms with Crippen molar-refractivity contribution in [2.75, 3.05) is 20.8 Å². The van der Waals surface area contributed by atoms with Gasteiger partial charge in [0.15, 0.2) is 11.5 Å². The maximum absolute atomic E-state index is 11.5. The van der Waals surface area contributed by atoms with Gasteiger partial charge in [0.1, 0.15) is 11.7 Å². The van der Waals surface area contributed by atoms with Crippen molar-refractivity contribution in [1.82, 2.24) is 0 Å². The maximum atomic E-state index is 11.5. The predicted molar refractivity (Wildman–Crippen MR) is 155 cm³/mol. The van der Waals surface area contributed by atoms with Gasteiger partial charge in [-0.15, -0.1) is 0 Å². The van der Waals surface area contributed by atoms with Gasteiger partial charge in [-0.2, -0.15) is 0 Å². The lowest BCUT2D eigenvalue weighted by Gasteiger charge is -2.75. The first-order valence-corrected chi connectivity index (χ1v) is 15.7. The molecule has 1 heterocycles. The zero-order valence-corrected chi connectivity index (χ0v) is 24.7. The van der Waals surface area contributed by atoms with E-state index in [2.05, 4.69) is 19.1 Å². The van der Waals surface area contributed by atoms with Crippen LogP contribution in [-0.4, -0.2) is 38.4 Å². The van der Waals surface area contributed by atoms with E-state index in [1.807, 2.05) is 19.2 Å². The third kappa shape index (κ3) is 3.29. The van der Waals surface area contributed by atoms with Crippen molar-refractivity contribution < 1.29 is 23.7 Å². The minimum atomic E-state index is -0.407. The summed E-state index contributed by atoms with van der Waals surface area (Å²) in [4.78, 5) is 11.5. The number of hydrogen-bond acceptors (Lipinski definition) is 5. The van der Waals surface area contributed by atoms with E-state index in [1.54, 1.807) is 19.2 Å². The van der Waals surface area contributed by atoms with Crippen molar-refractivity contribution in [1.29, 1.82) is 0 Å². The van der Waals surface area contributed by atoms with Gasteiger partial charge >= 0.3 is 0 Å². The van der Waals surface area contributed by atoms with E-state index in [-0.39, 0.29) is 22.9 Å². The molecule has 2 spiro atoms. The number of carbonyl (C=O) groups is 1. The number of fused-ring (bicyclic) bond motifs is 2. The number of carbonyl (C=O) groups excluding carboxylic acids is 1. The quantitative estimate of drug-likeness (QED) is 0.411. The van der Waals surface area contributed by atoms with E-state index in [0.717, 1.165) is 42.2 Å². The molecule has 5 saturated carbocycles. The van der Waals surface area contributed by atoms with Gasteiger partial charge in [-0.1, -0.05) is 38.0 Å². The van der Waals surface area contributed by atoms with E-state index < -0.39 is 11.5 Å². The van der Waals surface area contributed by atoms with Crippen LogP contribution in [0.2, 0.25) is 0 Å². The molecule has 6 nitrogen and oxygen atoms in total.